The maximum absolute atomic E-state index is 11.6. The lowest BCUT2D eigenvalue weighted by molar-refractivity contribution is -0.195. The number of carboxylic acid groups (broad SMARTS) is 1. The minimum absolute atomic E-state index is 0.124. The van der Waals surface area contributed by atoms with E-state index in [4.69, 9.17) is 118 Å². The molecule has 8 atom stereocenters. The zero-order valence-corrected chi connectivity index (χ0v) is 53.2. The molecule has 30 N–H and O–H groups in total. The summed E-state index contributed by atoms with van der Waals surface area (Å²) in [4.78, 5) is 55.6. The second-order valence-corrected chi connectivity index (χ2v) is 21.2. The lowest BCUT2D eigenvalue weighted by Crippen LogP contribution is -2.53. The van der Waals surface area contributed by atoms with Gasteiger partial charge in [0.25, 0.3) is 0 Å². The predicted molar refractivity (Wildman–Crippen MR) is 363 cm³/mol. The van der Waals surface area contributed by atoms with Crippen molar-refractivity contribution in [3.05, 3.63) is 117 Å². The van der Waals surface area contributed by atoms with Gasteiger partial charge in [-0.3, -0.25) is 20.0 Å². The smallest absolute Gasteiger partial charge is 0.347 e. The maximum Gasteiger partial charge on any atom is 0.347 e. The molecular weight excluding hydrogens is 1300 g/mol. The van der Waals surface area contributed by atoms with Gasteiger partial charge in [0.05, 0.1) is 13.2 Å². The Bertz CT molecular complexity index is 2780. The molecule has 0 spiro atoms. The fourth-order valence-corrected chi connectivity index (χ4v) is 7.54. The monoisotopic (exact) mass is 1380 g/mol. The average molecular weight is 1390 g/mol. The SMILES string of the molecule is NC(=NCCCCCCN=C(N)N=C(N)Nc1ccc(Cl)cc1)N=C(N)Nc1ccc(Cl)cc1.NC(=NCCCCCCN=C(N)N=C(N)Nc1ccc(Cl)cc1)N=C(N)Nc1ccc(Cl)cc1.O=C(O[C@@H](C(=O)O)[C@@H](O)[C@H](O)[C@H](O)CO)[C@H](O)[C@@H](O)[C@H](O)[C@H](O)CO. The number of guanidine groups is 8. The van der Waals surface area contributed by atoms with Crippen LogP contribution in [-0.2, 0) is 14.3 Å². The van der Waals surface area contributed by atoms with Gasteiger partial charge in [0.1, 0.15) is 36.6 Å². The van der Waals surface area contributed by atoms with Crippen molar-refractivity contribution in [2.45, 2.75) is 100 Å². The number of aliphatic carboxylic acids is 1. The van der Waals surface area contributed by atoms with Crippen molar-refractivity contribution >= 4 is 129 Å². The van der Waals surface area contributed by atoms with Gasteiger partial charge < -0.3 is 123 Å². The summed E-state index contributed by atoms with van der Waals surface area (Å²) >= 11 is 23.4. The first kappa shape index (κ1) is 80.7. The van der Waals surface area contributed by atoms with Crippen LogP contribution < -0.4 is 67.1 Å². The van der Waals surface area contributed by atoms with Crippen LogP contribution in [0.1, 0.15) is 51.4 Å². The Labute approximate surface area is 555 Å². The molecule has 0 heterocycles. The Balaban J connectivity index is 0.000000482. The molecule has 0 aliphatic heterocycles. The molecule has 4 aromatic carbocycles. The number of nitrogens with one attached hydrogen (secondary N) is 4. The van der Waals surface area contributed by atoms with Crippen LogP contribution in [-0.4, -0.2) is 199 Å². The van der Waals surface area contributed by atoms with Crippen molar-refractivity contribution in [1.29, 1.82) is 0 Å². The topological polar surface area (TPSA) is 601 Å². The van der Waals surface area contributed by atoms with E-state index < -0.39 is 74.0 Å². The van der Waals surface area contributed by atoms with Crippen molar-refractivity contribution in [3.8, 4) is 0 Å². The van der Waals surface area contributed by atoms with Crippen molar-refractivity contribution in [3.63, 3.8) is 0 Å². The summed E-state index contributed by atoms with van der Waals surface area (Å²) < 4.78 is 4.23. The number of hydrogen-bond acceptors (Lipinski definition) is 16. The Hall–Kier alpha value is -8.42. The highest BCUT2D eigenvalue weighted by Gasteiger charge is 2.42. The van der Waals surface area contributed by atoms with Gasteiger partial charge in [0.2, 0.25) is 53.8 Å². The highest BCUT2D eigenvalue weighted by atomic mass is 35.5. The van der Waals surface area contributed by atoms with E-state index in [-0.39, 0.29) is 47.7 Å². The number of aliphatic hydroxyl groups excluding tert-OH is 9. The molecule has 512 valence electrons. The van der Waals surface area contributed by atoms with E-state index in [1.165, 1.54) is 0 Å². The van der Waals surface area contributed by atoms with E-state index in [0.717, 1.165) is 74.1 Å². The van der Waals surface area contributed by atoms with Gasteiger partial charge >= 0.3 is 11.9 Å². The third kappa shape index (κ3) is 35.3. The van der Waals surface area contributed by atoms with Crippen molar-refractivity contribution in [2.24, 2.45) is 85.8 Å². The van der Waals surface area contributed by atoms with E-state index in [1.807, 2.05) is 0 Å². The molecule has 4 rings (SSSR count). The summed E-state index contributed by atoms with van der Waals surface area (Å²) in [7, 11) is 0. The number of carbonyl (C=O) groups excluding carboxylic acids is 1. The van der Waals surface area contributed by atoms with E-state index in [1.54, 1.807) is 97.1 Å². The number of rotatable bonds is 29. The largest absolute Gasteiger partial charge is 0.478 e. The van der Waals surface area contributed by atoms with E-state index >= 15 is 0 Å². The molecule has 0 fully saturated rings. The molecule has 0 aliphatic carbocycles. The van der Waals surface area contributed by atoms with Crippen LogP contribution in [0.3, 0.4) is 0 Å². The van der Waals surface area contributed by atoms with E-state index in [9.17, 15) is 35.1 Å². The van der Waals surface area contributed by atoms with Crippen LogP contribution in [0.15, 0.2) is 137 Å². The molecule has 0 radical (unpaired) electrons. The molecule has 33 nitrogen and oxygen atoms in total. The first-order valence-corrected chi connectivity index (χ1v) is 29.7. The number of halogens is 4. The molecule has 0 unspecified atom stereocenters. The standard InChI is InChI=1S/2C22H30Cl2N10.C12H22O13/c2*23-15-5-9-17(10-6-15)31-21(27)33-19(25)29-13-3-1-2-4-14-30-20(26)34-22(28)32-18-11-7-16(24)8-12-18;13-1-3(15)5(17)7(19)9(21)12(24)25-10(11(22)23)8(20)6(18)4(16)2-14/h2*5-12H,1-4,13-14H2,(H5,25,27,29,31,33)(H5,26,28,30,32,34);3-10,13-21H,1-2H2,(H,22,23)/t;;3-,4-,5-,6-,7+,8+,9-,10-/m..1/s1. The number of hydrogen-bond donors (Lipinski definition) is 22. The summed E-state index contributed by atoms with van der Waals surface area (Å²) in [6, 6.07) is 28.3. The first-order chi connectivity index (χ1) is 44.1. The van der Waals surface area contributed by atoms with Gasteiger partial charge in [-0.25, -0.2) is 9.59 Å². The Kier molecular flexibility index (Phi) is 39.0. The summed E-state index contributed by atoms with van der Waals surface area (Å²) in [5.41, 5.74) is 49.5. The number of anilines is 4. The molecular formula is C56H82Cl4N20O13. The zero-order chi connectivity index (χ0) is 69.4. The Morgan fingerprint density at radius 1 is 0.387 bits per heavy atom. The van der Waals surface area contributed by atoms with E-state index in [0.29, 0.717) is 46.3 Å². The number of nitrogens with zero attached hydrogens (tertiary/aromatic N) is 8. The quantitative estimate of drug-likeness (QED) is 0.0149. The van der Waals surface area contributed by atoms with Gasteiger partial charge in [-0.2, -0.15) is 20.0 Å². The van der Waals surface area contributed by atoms with Gasteiger partial charge in [0.15, 0.2) is 6.10 Å². The van der Waals surface area contributed by atoms with Crippen LogP contribution >= 0.6 is 46.4 Å². The maximum atomic E-state index is 11.6. The van der Waals surface area contributed by atoms with Crippen LogP contribution in [0.25, 0.3) is 0 Å². The molecule has 4 aromatic rings. The first-order valence-electron chi connectivity index (χ1n) is 28.2. The van der Waals surface area contributed by atoms with Crippen molar-refractivity contribution in [1.82, 2.24) is 0 Å². The number of carboxylic acids is 1. The van der Waals surface area contributed by atoms with Crippen LogP contribution in [0.5, 0.6) is 0 Å². The van der Waals surface area contributed by atoms with Crippen LogP contribution in [0.4, 0.5) is 22.7 Å². The fourth-order valence-electron chi connectivity index (χ4n) is 7.04. The highest BCUT2D eigenvalue weighted by Crippen LogP contribution is 2.18. The van der Waals surface area contributed by atoms with Gasteiger partial charge in [-0.15, -0.1) is 0 Å². The van der Waals surface area contributed by atoms with Crippen molar-refractivity contribution < 1.29 is 65.4 Å². The van der Waals surface area contributed by atoms with Crippen LogP contribution in [0, 0.1) is 0 Å². The number of unbranched alkanes of at least 4 members (excludes halogenated alkanes) is 6. The molecule has 0 saturated carbocycles. The summed E-state index contributed by atoms with van der Waals surface area (Å²) in [6.45, 7) is 0.170. The molecule has 0 aliphatic rings. The normalized spacial score (nSPS) is 15.3. The second-order valence-electron chi connectivity index (χ2n) is 19.4. The van der Waals surface area contributed by atoms with E-state index in [2.05, 4.69) is 65.9 Å². The number of aliphatic hydroxyl groups is 9. The summed E-state index contributed by atoms with van der Waals surface area (Å²) in [5.74, 6) is -2.72. The molecule has 0 aromatic heterocycles. The zero-order valence-electron chi connectivity index (χ0n) is 50.2. The number of ether oxygens (including phenoxy) is 1. The molecule has 37 heteroatoms. The molecule has 93 heavy (non-hydrogen) atoms. The lowest BCUT2D eigenvalue weighted by Gasteiger charge is -2.28. The molecule has 0 bridgehead atoms. The number of nitrogens with two attached hydrogens (primary N) is 8. The average Bonchev–Trinajstić information content (AvgIpc) is 0.996. The Morgan fingerprint density at radius 3 is 0.849 bits per heavy atom. The van der Waals surface area contributed by atoms with Gasteiger partial charge in [-0.05, 0) is 123 Å². The van der Waals surface area contributed by atoms with Gasteiger partial charge in [-0.1, -0.05) is 72.1 Å². The summed E-state index contributed by atoms with van der Waals surface area (Å²) in [5, 5.41) is 106. The number of aliphatic imine (C=N–C) groups is 8. The Morgan fingerprint density at radius 2 is 0.624 bits per heavy atom. The van der Waals surface area contributed by atoms with Crippen LogP contribution in [0.2, 0.25) is 20.1 Å². The molecule has 0 saturated heterocycles. The number of carbonyl (C=O) groups is 2. The minimum atomic E-state index is -2.58. The highest BCUT2D eigenvalue weighted by molar-refractivity contribution is 6.31. The predicted octanol–water partition coefficient (Wildman–Crippen LogP) is 0.167. The van der Waals surface area contributed by atoms with Gasteiger partial charge in [0, 0.05) is 69.0 Å². The second kappa shape index (κ2) is 45.0. The lowest BCUT2D eigenvalue weighted by atomic mass is 10.0. The number of benzene rings is 4. The van der Waals surface area contributed by atoms with Crippen molar-refractivity contribution in [2.75, 3.05) is 60.7 Å². The summed E-state index contributed by atoms with van der Waals surface area (Å²) in [6.07, 6.45) is -10.8. The molecule has 0 amide bonds. The number of esters is 1. The third-order valence-corrected chi connectivity index (χ3v) is 12.9. The minimum Gasteiger partial charge on any atom is -0.478 e. The third-order valence-electron chi connectivity index (χ3n) is 11.9. The fraction of sp³-hybridized carbons (Fsp3) is 0.393.